The van der Waals surface area contributed by atoms with Crippen LogP contribution in [-0.2, 0) is 32.6 Å². The molecule has 0 spiro atoms. The summed E-state index contributed by atoms with van der Waals surface area (Å²) >= 11 is 12.1. The number of hydrogen-bond donors (Lipinski definition) is 3. The third-order valence-corrected chi connectivity index (χ3v) is 9.81. The van der Waals surface area contributed by atoms with E-state index >= 15 is 0 Å². The lowest BCUT2D eigenvalue weighted by atomic mass is 9.86. The summed E-state index contributed by atoms with van der Waals surface area (Å²) in [6, 6.07) is 8.93. The second kappa shape index (κ2) is 11.6. The van der Waals surface area contributed by atoms with Crippen molar-refractivity contribution in [2.45, 2.75) is 94.9 Å². The van der Waals surface area contributed by atoms with Crippen LogP contribution in [0.2, 0.25) is 10.0 Å². The van der Waals surface area contributed by atoms with Crippen molar-refractivity contribution in [2.24, 2.45) is 0 Å². The Labute approximate surface area is 247 Å². The predicted octanol–water partition coefficient (Wildman–Crippen LogP) is 4.73. The number of fused-ring (bicyclic) bond motifs is 1. The average Bonchev–Trinajstić information content (AvgIpc) is 2.85. The number of nitrogens with one attached hydrogen (secondary N) is 3. The van der Waals surface area contributed by atoms with Crippen LogP contribution in [0.15, 0.2) is 41.3 Å². The summed E-state index contributed by atoms with van der Waals surface area (Å²) in [5, 5.41) is 9.74. The lowest BCUT2D eigenvalue weighted by Crippen LogP contribution is -2.66. The molecule has 1 aliphatic heterocycles. The van der Waals surface area contributed by atoms with E-state index in [1.807, 2.05) is 0 Å². The summed E-state index contributed by atoms with van der Waals surface area (Å²) in [5.41, 5.74) is 2.63. The van der Waals surface area contributed by atoms with Gasteiger partial charge in [-0.2, -0.15) is 4.31 Å². The van der Waals surface area contributed by atoms with Gasteiger partial charge in [-0.3, -0.25) is 9.59 Å². The molecule has 2 aliphatic rings. The molecule has 0 bridgehead atoms. The van der Waals surface area contributed by atoms with Crippen LogP contribution in [-0.4, -0.2) is 48.2 Å². The molecule has 2 aromatic rings. The molecule has 3 N–H and O–H groups in total. The highest BCUT2D eigenvalue weighted by atomic mass is 35.5. The molecule has 2 amide bonds. The number of rotatable bonds is 7. The molecule has 1 heterocycles. The number of nitrogens with zero attached hydrogens (tertiary/aromatic N) is 1. The summed E-state index contributed by atoms with van der Waals surface area (Å²) < 4.78 is 28.5. The van der Waals surface area contributed by atoms with E-state index in [-0.39, 0.29) is 45.4 Å². The maximum absolute atomic E-state index is 13.7. The molecule has 40 heavy (non-hydrogen) atoms. The van der Waals surface area contributed by atoms with Crippen LogP contribution in [0.4, 0.5) is 0 Å². The minimum atomic E-state index is -4.16. The van der Waals surface area contributed by atoms with Crippen molar-refractivity contribution in [3.8, 4) is 0 Å². The van der Waals surface area contributed by atoms with Gasteiger partial charge >= 0.3 is 0 Å². The van der Waals surface area contributed by atoms with Crippen LogP contribution < -0.4 is 16.0 Å². The van der Waals surface area contributed by atoms with Crippen molar-refractivity contribution in [1.29, 1.82) is 0 Å². The van der Waals surface area contributed by atoms with Crippen LogP contribution in [0.1, 0.15) is 76.6 Å². The van der Waals surface area contributed by atoms with E-state index in [4.69, 9.17) is 23.2 Å². The zero-order valence-corrected chi connectivity index (χ0v) is 25.9. The van der Waals surface area contributed by atoms with Gasteiger partial charge in [0, 0.05) is 24.2 Å². The van der Waals surface area contributed by atoms with Crippen molar-refractivity contribution in [2.75, 3.05) is 6.54 Å². The molecular weight excluding hydrogens is 571 g/mol. The topological polar surface area (TPSA) is 108 Å². The van der Waals surface area contributed by atoms with Gasteiger partial charge in [0.15, 0.2) is 0 Å². The predicted molar refractivity (Wildman–Crippen MR) is 158 cm³/mol. The first-order valence-corrected chi connectivity index (χ1v) is 15.7. The Morgan fingerprint density at radius 2 is 1.85 bits per heavy atom. The Morgan fingerprint density at radius 1 is 1.12 bits per heavy atom. The highest BCUT2D eigenvalue weighted by Crippen LogP contribution is 2.33. The Bertz CT molecular complexity index is 1410. The van der Waals surface area contributed by atoms with Gasteiger partial charge in [0.25, 0.3) is 0 Å². The van der Waals surface area contributed by atoms with E-state index < -0.39 is 27.5 Å². The van der Waals surface area contributed by atoms with E-state index in [1.54, 1.807) is 13.8 Å². The Balaban J connectivity index is 1.53. The smallest absolute Gasteiger partial charge is 0.243 e. The number of carbonyl (C=O) groups is 2. The number of amides is 2. The van der Waals surface area contributed by atoms with Gasteiger partial charge in [-0.25, -0.2) is 8.42 Å². The molecule has 0 aromatic heterocycles. The Morgan fingerprint density at radius 3 is 2.52 bits per heavy atom. The van der Waals surface area contributed by atoms with Gasteiger partial charge in [0.1, 0.15) is 6.04 Å². The number of piperazine rings is 1. The van der Waals surface area contributed by atoms with Crippen LogP contribution in [0, 0.1) is 0 Å². The molecule has 2 aromatic carbocycles. The molecular formula is C29H38Cl2N4O4S. The molecule has 1 unspecified atom stereocenters. The molecule has 4 rings (SSSR count). The summed E-state index contributed by atoms with van der Waals surface area (Å²) in [6.45, 7) is 10.6. The van der Waals surface area contributed by atoms with Crippen molar-refractivity contribution < 1.29 is 18.0 Å². The maximum atomic E-state index is 13.7. The van der Waals surface area contributed by atoms with Gasteiger partial charge in [0.05, 0.1) is 27.4 Å². The fourth-order valence-electron chi connectivity index (χ4n) is 5.23. The normalized spacial score (nSPS) is 21.4. The number of hydrogen-bond acceptors (Lipinski definition) is 5. The zero-order chi connectivity index (χ0) is 29.5. The molecule has 218 valence electrons. The van der Waals surface area contributed by atoms with Gasteiger partial charge in [0.2, 0.25) is 21.8 Å². The van der Waals surface area contributed by atoms with E-state index in [0.717, 1.165) is 35.7 Å². The third kappa shape index (κ3) is 7.18. The number of halogens is 2. The van der Waals surface area contributed by atoms with Gasteiger partial charge in [-0.15, -0.1) is 0 Å². The minimum Gasteiger partial charge on any atom is -0.349 e. The van der Waals surface area contributed by atoms with Crippen LogP contribution in [0.3, 0.4) is 0 Å². The fraction of sp³-hybridized carbons (Fsp3) is 0.517. The standard InChI is InChI=1S/C29H38Cl2N4O4S/c1-28(2,3)32-16-18-9-11-21-19(13-18)7-6-8-24(21)33-26(36)15-25-27(37)34-29(4,5)17-35(25)40(38,39)20-10-12-22(30)23(31)14-20/h9-14,24-25,32H,6-8,15-17H2,1-5H3,(H,33,36)(H,34,37)/t24-,25?/m1/s1. The highest BCUT2D eigenvalue weighted by Gasteiger charge is 2.46. The maximum Gasteiger partial charge on any atom is 0.243 e. The number of benzene rings is 2. The number of sulfonamides is 1. The van der Waals surface area contributed by atoms with Crippen LogP contribution in [0.5, 0.6) is 0 Å². The number of carbonyl (C=O) groups excluding carboxylic acids is 2. The van der Waals surface area contributed by atoms with Gasteiger partial charge in [-0.05, 0) is 88.8 Å². The molecule has 1 aliphatic carbocycles. The molecule has 1 fully saturated rings. The quantitative estimate of drug-likeness (QED) is 0.421. The molecule has 1 saturated heterocycles. The Hall–Kier alpha value is -2.17. The first-order chi connectivity index (χ1) is 18.6. The van der Waals surface area contributed by atoms with E-state index in [1.165, 1.54) is 29.3 Å². The van der Waals surface area contributed by atoms with Crippen molar-refractivity contribution in [1.82, 2.24) is 20.3 Å². The second-order valence-corrected chi connectivity index (χ2v) is 15.1. The second-order valence-electron chi connectivity index (χ2n) is 12.4. The van der Waals surface area contributed by atoms with Crippen molar-refractivity contribution >= 4 is 45.0 Å². The Kier molecular flexibility index (Phi) is 8.93. The largest absolute Gasteiger partial charge is 0.349 e. The molecule has 0 saturated carbocycles. The molecule has 0 radical (unpaired) electrons. The van der Waals surface area contributed by atoms with Crippen molar-refractivity contribution in [3.05, 3.63) is 63.1 Å². The summed E-state index contributed by atoms with van der Waals surface area (Å²) in [4.78, 5) is 26.4. The molecule has 11 heteroatoms. The third-order valence-electron chi connectivity index (χ3n) is 7.22. The van der Waals surface area contributed by atoms with Crippen molar-refractivity contribution in [3.63, 3.8) is 0 Å². The van der Waals surface area contributed by atoms with Crippen LogP contribution >= 0.6 is 23.2 Å². The highest BCUT2D eigenvalue weighted by molar-refractivity contribution is 7.89. The zero-order valence-electron chi connectivity index (χ0n) is 23.6. The monoisotopic (exact) mass is 608 g/mol. The summed E-state index contributed by atoms with van der Waals surface area (Å²) in [5.74, 6) is -0.902. The van der Waals surface area contributed by atoms with E-state index in [2.05, 4.69) is 54.9 Å². The lowest BCUT2D eigenvalue weighted by Gasteiger charge is -2.42. The fourth-order valence-corrected chi connectivity index (χ4v) is 7.37. The summed E-state index contributed by atoms with van der Waals surface area (Å²) in [7, 11) is -4.16. The summed E-state index contributed by atoms with van der Waals surface area (Å²) in [6.07, 6.45) is 2.32. The van der Waals surface area contributed by atoms with Crippen LogP contribution in [0.25, 0.3) is 0 Å². The first-order valence-electron chi connectivity index (χ1n) is 13.5. The van der Waals surface area contributed by atoms with E-state index in [9.17, 15) is 18.0 Å². The SMILES string of the molecule is CC(C)(C)NCc1ccc2c(c1)CCC[C@H]2NC(=O)CC1C(=O)NC(C)(C)CN1S(=O)(=O)c1ccc(Cl)c(Cl)c1. The molecule has 2 atom stereocenters. The van der Waals surface area contributed by atoms with E-state index in [0.29, 0.717) is 0 Å². The van der Waals surface area contributed by atoms with Gasteiger partial charge in [-0.1, -0.05) is 41.4 Å². The van der Waals surface area contributed by atoms with Gasteiger partial charge < -0.3 is 16.0 Å². The average molecular weight is 610 g/mol. The lowest BCUT2D eigenvalue weighted by molar-refractivity contribution is -0.134. The minimum absolute atomic E-state index is 0.00307. The molecule has 8 nitrogen and oxygen atoms in total. The first kappa shape index (κ1) is 30.8. The number of aryl methyl sites for hydroxylation is 1.